The predicted molar refractivity (Wildman–Crippen MR) is 114 cm³/mol. The third-order valence-electron chi connectivity index (χ3n) is 4.56. The summed E-state index contributed by atoms with van der Waals surface area (Å²) in [5, 5.41) is 1.48. The summed E-state index contributed by atoms with van der Waals surface area (Å²) in [7, 11) is 1.58. The summed E-state index contributed by atoms with van der Waals surface area (Å²) in [6.07, 6.45) is 0. The molecule has 0 fully saturated rings. The molecule has 0 amide bonds. The Morgan fingerprint density at radius 3 is 2.68 bits per heavy atom. The van der Waals surface area contributed by atoms with Gasteiger partial charge in [0.2, 0.25) is 0 Å². The monoisotopic (exact) mass is 416 g/mol. The van der Waals surface area contributed by atoms with Crippen LogP contribution in [0.25, 0.3) is 10.9 Å². The van der Waals surface area contributed by atoms with E-state index in [2.05, 4.69) is 4.98 Å². The summed E-state index contributed by atoms with van der Waals surface area (Å²) < 4.78 is 6.68. The number of halogens is 1. The molecular weight excluding hydrogens is 396 g/mol. The lowest BCUT2D eigenvalue weighted by molar-refractivity contribution is 0.102. The molecule has 28 heavy (non-hydrogen) atoms. The molecule has 1 aromatic heterocycles. The van der Waals surface area contributed by atoms with E-state index in [4.69, 9.17) is 16.3 Å². The van der Waals surface area contributed by atoms with Gasteiger partial charge in [-0.3, -0.25) is 14.2 Å². The van der Waals surface area contributed by atoms with E-state index < -0.39 is 0 Å². The van der Waals surface area contributed by atoms with Crippen LogP contribution in [0.4, 0.5) is 0 Å². The second-order valence-corrected chi connectivity index (χ2v) is 7.90. The molecule has 0 saturated carbocycles. The van der Waals surface area contributed by atoms with Crippen molar-refractivity contribution in [3.8, 4) is 0 Å². The highest BCUT2D eigenvalue weighted by Gasteiger charge is 2.15. The standard InChI is InChI=1S/C21H21ClN2O3S/c1-13-4-5-15(10-14(13)2)19(25)12-28-21-23-18-11-16(22)6-7-17(18)20(26)24(21)8-9-27-3/h4-7,10-11H,8-9,12H2,1-3H3. The summed E-state index contributed by atoms with van der Waals surface area (Å²) in [5.74, 6) is 0.181. The normalized spacial score (nSPS) is 11.1. The van der Waals surface area contributed by atoms with Gasteiger partial charge in [-0.2, -0.15) is 0 Å². The number of fused-ring (bicyclic) bond motifs is 1. The topological polar surface area (TPSA) is 61.2 Å². The number of hydrogen-bond donors (Lipinski definition) is 0. The van der Waals surface area contributed by atoms with E-state index in [0.29, 0.717) is 39.8 Å². The first-order valence-corrected chi connectivity index (χ1v) is 10.2. The Hall–Kier alpha value is -2.15. The fraction of sp³-hybridized carbons (Fsp3) is 0.286. The van der Waals surface area contributed by atoms with E-state index in [-0.39, 0.29) is 17.1 Å². The van der Waals surface area contributed by atoms with Crippen molar-refractivity contribution < 1.29 is 9.53 Å². The number of rotatable bonds is 7. The number of carbonyl (C=O) groups excluding carboxylic acids is 1. The first kappa shape index (κ1) is 20.6. The lowest BCUT2D eigenvalue weighted by Crippen LogP contribution is -2.25. The third-order valence-corrected chi connectivity index (χ3v) is 5.77. The average Bonchev–Trinajstić information content (AvgIpc) is 2.67. The summed E-state index contributed by atoms with van der Waals surface area (Å²) in [6, 6.07) is 10.7. The van der Waals surface area contributed by atoms with Crippen molar-refractivity contribution in [2.45, 2.75) is 25.5 Å². The summed E-state index contributed by atoms with van der Waals surface area (Å²) >= 11 is 7.30. The van der Waals surface area contributed by atoms with Gasteiger partial charge < -0.3 is 4.74 Å². The van der Waals surface area contributed by atoms with E-state index in [9.17, 15) is 9.59 Å². The molecule has 5 nitrogen and oxygen atoms in total. The number of aryl methyl sites for hydroxylation is 2. The number of hydrogen-bond acceptors (Lipinski definition) is 5. The zero-order valence-electron chi connectivity index (χ0n) is 16.0. The van der Waals surface area contributed by atoms with E-state index >= 15 is 0 Å². The van der Waals surface area contributed by atoms with E-state index in [0.717, 1.165) is 11.1 Å². The molecule has 0 spiro atoms. The maximum atomic E-state index is 12.9. The molecule has 0 saturated heterocycles. The van der Waals surface area contributed by atoms with Crippen LogP contribution in [-0.2, 0) is 11.3 Å². The van der Waals surface area contributed by atoms with E-state index in [1.807, 2.05) is 32.0 Å². The number of ketones is 1. The van der Waals surface area contributed by atoms with Gasteiger partial charge in [0.05, 0.1) is 29.8 Å². The number of thioether (sulfide) groups is 1. The van der Waals surface area contributed by atoms with Crippen LogP contribution in [0.15, 0.2) is 46.3 Å². The number of methoxy groups -OCH3 is 1. The maximum Gasteiger partial charge on any atom is 0.262 e. The van der Waals surface area contributed by atoms with Crippen molar-refractivity contribution in [1.82, 2.24) is 9.55 Å². The smallest absolute Gasteiger partial charge is 0.262 e. The number of nitrogens with zero attached hydrogens (tertiary/aromatic N) is 2. The molecule has 0 aliphatic heterocycles. The molecule has 3 rings (SSSR count). The van der Waals surface area contributed by atoms with Crippen LogP contribution < -0.4 is 5.56 Å². The summed E-state index contributed by atoms with van der Waals surface area (Å²) in [5.41, 5.74) is 3.23. The Bertz CT molecular complexity index is 1090. The van der Waals surface area contributed by atoms with Gasteiger partial charge in [-0.1, -0.05) is 35.5 Å². The van der Waals surface area contributed by atoms with Crippen LogP contribution in [-0.4, -0.2) is 34.8 Å². The van der Waals surface area contributed by atoms with Crippen molar-refractivity contribution in [3.63, 3.8) is 0 Å². The first-order chi connectivity index (χ1) is 13.4. The minimum Gasteiger partial charge on any atom is -0.383 e. The second kappa shape index (κ2) is 8.90. The molecule has 0 bridgehead atoms. The highest BCUT2D eigenvalue weighted by atomic mass is 35.5. The fourth-order valence-electron chi connectivity index (χ4n) is 2.79. The van der Waals surface area contributed by atoms with Gasteiger partial charge in [-0.15, -0.1) is 0 Å². The van der Waals surface area contributed by atoms with Gasteiger partial charge in [-0.05, 0) is 49.2 Å². The zero-order valence-corrected chi connectivity index (χ0v) is 17.6. The first-order valence-electron chi connectivity index (χ1n) is 8.83. The van der Waals surface area contributed by atoms with Gasteiger partial charge in [0.1, 0.15) is 0 Å². The van der Waals surface area contributed by atoms with Crippen molar-refractivity contribution >= 4 is 40.0 Å². The number of aromatic nitrogens is 2. The molecule has 7 heteroatoms. The molecule has 0 N–H and O–H groups in total. The van der Waals surface area contributed by atoms with Crippen LogP contribution in [0.5, 0.6) is 0 Å². The van der Waals surface area contributed by atoms with Gasteiger partial charge in [0.25, 0.3) is 5.56 Å². The molecule has 0 radical (unpaired) electrons. The van der Waals surface area contributed by atoms with Gasteiger partial charge in [0.15, 0.2) is 10.9 Å². The van der Waals surface area contributed by atoms with Crippen LogP contribution in [0.1, 0.15) is 21.5 Å². The lowest BCUT2D eigenvalue weighted by Gasteiger charge is -2.13. The number of carbonyl (C=O) groups is 1. The average molecular weight is 417 g/mol. The number of benzene rings is 2. The molecule has 146 valence electrons. The Morgan fingerprint density at radius 2 is 1.96 bits per heavy atom. The molecule has 0 atom stereocenters. The SMILES string of the molecule is COCCn1c(SCC(=O)c2ccc(C)c(C)c2)nc2cc(Cl)ccc2c1=O. The largest absolute Gasteiger partial charge is 0.383 e. The van der Waals surface area contributed by atoms with Crippen LogP contribution in [0.2, 0.25) is 5.02 Å². The van der Waals surface area contributed by atoms with E-state index in [1.54, 1.807) is 29.9 Å². The molecule has 2 aromatic carbocycles. The highest BCUT2D eigenvalue weighted by molar-refractivity contribution is 7.99. The van der Waals surface area contributed by atoms with Crippen molar-refractivity contribution in [1.29, 1.82) is 0 Å². The van der Waals surface area contributed by atoms with Crippen molar-refractivity contribution in [2.75, 3.05) is 19.5 Å². The lowest BCUT2D eigenvalue weighted by atomic mass is 10.0. The third kappa shape index (κ3) is 4.46. The molecule has 0 unspecified atom stereocenters. The molecule has 1 heterocycles. The Morgan fingerprint density at radius 1 is 1.18 bits per heavy atom. The van der Waals surface area contributed by atoms with Crippen LogP contribution >= 0.6 is 23.4 Å². The number of ether oxygens (including phenoxy) is 1. The molecular formula is C21H21ClN2O3S. The Labute approximate surface area is 172 Å². The molecule has 0 aliphatic rings. The fourth-order valence-corrected chi connectivity index (χ4v) is 3.88. The minimum absolute atomic E-state index is 0.00756. The van der Waals surface area contributed by atoms with Gasteiger partial charge in [-0.25, -0.2) is 4.98 Å². The Kier molecular flexibility index (Phi) is 6.54. The van der Waals surface area contributed by atoms with Crippen LogP contribution in [0.3, 0.4) is 0 Å². The molecule has 0 aliphatic carbocycles. The van der Waals surface area contributed by atoms with Crippen molar-refractivity contribution in [3.05, 3.63) is 68.5 Å². The highest BCUT2D eigenvalue weighted by Crippen LogP contribution is 2.22. The second-order valence-electron chi connectivity index (χ2n) is 6.52. The predicted octanol–water partition coefficient (Wildman–Crippen LogP) is 4.29. The minimum atomic E-state index is -0.167. The van der Waals surface area contributed by atoms with E-state index in [1.165, 1.54) is 11.8 Å². The quantitative estimate of drug-likeness (QED) is 0.326. The number of Topliss-reactive ketones (excluding diaryl/α,β-unsaturated/α-hetero) is 1. The Balaban J connectivity index is 1.92. The maximum absolute atomic E-state index is 12.9. The van der Waals surface area contributed by atoms with Crippen molar-refractivity contribution in [2.24, 2.45) is 0 Å². The summed E-state index contributed by atoms with van der Waals surface area (Å²) in [6.45, 7) is 4.73. The zero-order chi connectivity index (χ0) is 20.3. The van der Waals surface area contributed by atoms with Gasteiger partial charge >= 0.3 is 0 Å². The molecule has 3 aromatic rings. The van der Waals surface area contributed by atoms with Crippen LogP contribution in [0, 0.1) is 13.8 Å². The summed E-state index contributed by atoms with van der Waals surface area (Å²) in [4.78, 5) is 30.1. The van der Waals surface area contributed by atoms with Gasteiger partial charge in [0, 0.05) is 17.7 Å².